The van der Waals surface area contributed by atoms with Gasteiger partial charge in [-0.15, -0.1) is 0 Å². The minimum absolute atomic E-state index is 0.0263. The van der Waals surface area contributed by atoms with Gasteiger partial charge in [0.1, 0.15) is 11.4 Å². The van der Waals surface area contributed by atoms with Crippen molar-refractivity contribution in [1.82, 2.24) is 9.78 Å². The molecule has 4 aromatic rings. The van der Waals surface area contributed by atoms with Crippen molar-refractivity contribution in [2.24, 2.45) is 0 Å². The summed E-state index contributed by atoms with van der Waals surface area (Å²) in [5.74, 6) is -0.766. The number of aromatic nitrogens is 2. The summed E-state index contributed by atoms with van der Waals surface area (Å²) in [6.45, 7) is 3.88. The van der Waals surface area contributed by atoms with E-state index in [-0.39, 0.29) is 18.5 Å². The Balaban J connectivity index is 1.41. The summed E-state index contributed by atoms with van der Waals surface area (Å²) in [6.07, 6.45) is 1.53. The average molecular weight is 482 g/mol. The molecule has 1 N–H and O–H groups in total. The van der Waals surface area contributed by atoms with E-state index in [1.165, 1.54) is 0 Å². The van der Waals surface area contributed by atoms with Gasteiger partial charge in [0.25, 0.3) is 5.91 Å². The van der Waals surface area contributed by atoms with Gasteiger partial charge in [-0.2, -0.15) is 5.10 Å². The van der Waals surface area contributed by atoms with Gasteiger partial charge in [0, 0.05) is 22.0 Å². The van der Waals surface area contributed by atoms with E-state index < -0.39 is 18.5 Å². The van der Waals surface area contributed by atoms with Gasteiger partial charge in [-0.25, -0.2) is 9.48 Å². The van der Waals surface area contributed by atoms with Crippen LogP contribution in [0, 0.1) is 0 Å². The molecule has 2 heterocycles. The Morgan fingerprint density at radius 2 is 1.88 bits per heavy atom. The highest BCUT2D eigenvalue weighted by Crippen LogP contribution is 2.27. The fourth-order valence-electron chi connectivity index (χ4n) is 3.39. The first-order valence-corrected chi connectivity index (χ1v) is 11.1. The second-order valence-electron chi connectivity index (χ2n) is 7.86. The number of hydrogen-bond acceptors (Lipinski definition) is 6. The first kappa shape index (κ1) is 23.5. The predicted molar refractivity (Wildman–Crippen MR) is 128 cm³/mol. The van der Waals surface area contributed by atoms with Crippen molar-refractivity contribution in [3.05, 3.63) is 82.7 Å². The molecular formula is C25H24ClN3O5. The van der Waals surface area contributed by atoms with Crippen LogP contribution in [0.5, 0.6) is 0 Å². The molecule has 34 heavy (non-hydrogen) atoms. The minimum atomic E-state index is -0.738. The number of rotatable bonds is 9. The molecule has 0 radical (unpaired) electrons. The van der Waals surface area contributed by atoms with E-state index in [4.69, 9.17) is 25.5 Å². The molecule has 0 bridgehead atoms. The highest BCUT2D eigenvalue weighted by molar-refractivity contribution is 6.31. The van der Waals surface area contributed by atoms with Crippen LogP contribution in [0.25, 0.3) is 11.0 Å². The number of hydrogen-bond donors (Lipinski definition) is 1. The van der Waals surface area contributed by atoms with Crippen LogP contribution in [0.1, 0.15) is 35.5 Å². The fraction of sp³-hybridized carbons (Fsp3) is 0.240. The number of anilines is 1. The Kier molecular flexibility index (Phi) is 7.30. The molecule has 0 aliphatic rings. The molecule has 1 amide bonds. The van der Waals surface area contributed by atoms with Crippen LogP contribution >= 0.6 is 11.6 Å². The number of carbonyl (C=O) groups excluding carboxylic acids is 2. The molecule has 2 aromatic carbocycles. The summed E-state index contributed by atoms with van der Waals surface area (Å²) in [6, 6.07) is 16.3. The Labute approximate surface area is 201 Å². The maximum Gasteiger partial charge on any atom is 0.375 e. The Bertz CT molecular complexity index is 1310. The Morgan fingerprint density at radius 1 is 1.12 bits per heavy atom. The highest BCUT2D eigenvalue weighted by atomic mass is 35.5. The second-order valence-corrected chi connectivity index (χ2v) is 8.26. The van der Waals surface area contributed by atoms with Crippen molar-refractivity contribution in [1.29, 1.82) is 0 Å². The number of amides is 1. The first-order chi connectivity index (χ1) is 16.4. The molecular weight excluding hydrogens is 458 g/mol. The molecule has 9 heteroatoms. The third-order valence-electron chi connectivity index (χ3n) is 5.04. The van der Waals surface area contributed by atoms with Gasteiger partial charge in [-0.1, -0.05) is 48.0 Å². The molecule has 0 saturated heterocycles. The summed E-state index contributed by atoms with van der Waals surface area (Å²) in [4.78, 5) is 25.2. The fourth-order valence-corrected chi connectivity index (χ4v) is 3.58. The number of fused-ring (bicyclic) bond motifs is 1. The smallest absolute Gasteiger partial charge is 0.375 e. The van der Waals surface area contributed by atoms with E-state index in [1.54, 1.807) is 29.1 Å². The lowest BCUT2D eigenvalue weighted by Gasteiger charge is -2.11. The third kappa shape index (κ3) is 5.47. The van der Waals surface area contributed by atoms with Crippen LogP contribution in [-0.2, 0) is 27.4 Å². The normalized spacial score (nSPS) is 11.2. The molecule has 0 atom stereocenters. The van der Waals surface area contributed by atoms with Crippen molar-refractivity contribution < 1.29 is 23.5 Å². The molecule has 0 spiro atoms. The maximum absolute atomic E-state index is 12.7. The van der Waals surface area contributed by atoms with Crippen LogP contribution in [0.2, 0.25) is 5.02 Å². The third-order valence-corrected chi connectivity index (χ3v) is 5.41. The zero-order valence-corrected chi connectivity index (χ0v) is 19.5. The molecule has 0 aliphatic heterocycles. The Hall–Kier alpha value is -3.62. The van der Waals surface area contributed by atoms with Gasteiger partial charge in [0.15, 0.2) is 6.61 Å². The summed E-state index contributed by atoms with van der Waals surface area (Å²) >= 11 is 6.22. The lowest BCUT2D eigenvalue weighted by atomic mass is 10.1. The molecule has 176 valence electrons. The van der Waals surface area contributed by atoms with Gasteiger partial charge in [0.05, 0.1) is 25.5 Å². The summed E-state index contributed by atoms with van der Waals surface area (Å²) in [5.41, 5.74) is 1.99. The van der Waals surface area contributed by atoms with Crippen molar-refractivity contribution >= 4 is 40.3 Å². The topological polar surface area (TPSA) is 95.6 Å². The number of ether oxygens (including phenoxy) is 2. The SMILES string of the molecule is CC(C)OCc1c(C(=O)OCC(=O)Nc2ccnn2Cc2ccccc2Cl)oc2ccccc12. The number of nitrogens with one attached hydrogen (secondary N) is 1. The van der Waals surface area contributed by atoms with Crippen molar-refractivity contribution in [3.63, 3.8) is 0 Å². The van der Waals surface area contributed by atoms with Crippen LogP contribution < -0.4 is 5.32 Å². The summed E-state index contributed by atoms with van der Waals surface area (Å²) in [5, 5.41) is 8.30. The highest BCUT2D eigenvalue weighted by Gasteiger charge is 2.23. The maximum atomic E-state index is 12.7. The van der Waals surface area contributed by atoms with Crippen molar-refractivity contribution in [3.8, 4) is 0 Å². The first-order valence-electron chi connectivity index (χ1n) is 10.8. The zero-order valence-electron chi connectivity index (χ0n) is 18.8. The van der Waals surface area contributed by atoms with Crippen molar-refractivity contribution in [2.45, 2.75) is 33.1 Å². The van der Waals surface area contributed by atoms with Gasteiger partial charge >= 0.3 is 5.97 Å². The van der Waals surface area contributed by atoms with Crippen LogP contribution in [0.4, 0.5) is 5.82 Å². The number of nitrogens with zero attached hydrogens (tertiary/aromatic N) is 2. The number of esters is 1. The van der Waals surface area contributed by atoms with E-state index >= 15 is 0 Å². The second kappa shape index (κ2) is 10.5. The number of carbonyl (C=O) groups is 2. The van der Waals surface area contributed by atoms with E-state index in [0.29, 0.717) is 28.5 Å². The lowest BCUT2D eigenvalue weighted by Crippen LogP contribution is -2.23. The quantitative estimate of drug-likeness (QED) is 0.336. The van der Waals surface area contributed by atoms with E-state index in [0.717, 1.165) is 10.9 Å². The molecule has 0 fully saturated rings. The molecule has 4 rings (SSSR count). The average Bonchev–Trinajstić information content (AvgIpc) is 3.41. The number of furan rings is 1. The summed E-state index contributed by atoms with van der Waals surface area (Å²) < 4.78 is 18.2. The van der Waals surface area contributed by atoms with E-state index in [9.17, 15) is 9.59 Å². The monoisotopic (exact) mass is 481 g/mol. The van der Waals surface area contributed by atoms with E-state index in [2.05, 4.69) is 10.4 Å². The van der Waals surface area contributed by atoms with Crippen molar-refractivity contribution in [2.75, 3.05) is 11.9 Å². The number of halogens is 1. The largest absolute Gasteiger partial charge is 0.450 e. The number of benzene rings is 2. The van der Waals surface area contributed by atoms with Crippen LogP contribution in [-0.4, -0.2) is 34.4 Å². The number of para-hydroxylation sites is 1. The molecule has 0 aliphatic carbocycles. The van der Waals surface area contributed by atoms with Gasteiger partial charge < -0.3 is 19.2 Å². The Morgan fingerprint density at radius 3 is 2.68 bits per heavy atom. The van der Waals surface area contributed by atoms with Crippen LogP contribution in [0.15, 0.2) is 65.2 Å². The zero-order chi connectivity index (χ0) is 24.1. The van der Waals surface area contributed by atoms with Gasteiger partial charge in [-0.3, -0.25) is 4.79 Å². The lowest BCUT2D eigenvalue weighted by molar-refractivity contribution is -0.119. The minimum Gasteiger partial charge on any atom is -0.450 e. The van der Waals surface area contributed by atoms with Crippen LogP contribution in [0.3, 0.4) is 0 Å². The van der Waals surface area contributed by atoms with Gasteiger partial charge in [-0.05, 0) is 31.5 Å². The predicted octanol–water partition coefficient (Wildman–Crippen LogP) is 5.05. The van der Waals surface area contributed by atoms with E-state index in [1.807, 2.05) is 50.2 Å². The van der Waals surface area contributed by atoms with Gasteiger partial charge in [0.2, 0.25) is 5.76 Å². The molecule has 8 nitrogen and oxygen atoms in total. The molecule has 0 unspecified atom stereocenters. The molecule has 0 saturated carbocycles. The summed E-state index contributed by atoms with van der Waals surface area (Å²) in [7, 11) is 0. The molecule has 2 aromatic heterocycles. The standard InChI is InChI=1S/C25H24ClN3O5/c1-16(2)32-14-19-18-8-4-6-10-21(18)34-24(19)25(31)33-15-23(30)28-22-11-12-27-29(22)13-17-7-3-5-9-20(17)26/h3-12,16H,13-15H2,1-2H3,(H,28,30).